The number of likely N-dealkylation sites (N-methyl/N-ethyl adjacent to an activating group) is 1. The monoisotopic (exact) mass is 447 g/mol. The molecule has 0 spiro atoms. The van der Waals surface area contributed by atoms with Gasteiger partial charge in [0.05, 0.1) is 12.8 Å². The largest absolute Gasteiger partial charge is 1.00 e. The summed E-state index contributed by atoms with van der Waals surface area (Å²) in [7, 11) is 1.86. The molecule has 0 unspecified atom stereocenters. The third-order valence-electron chi connectivity index (χ3n) is 4.39. The van der Waals surface area contributed by atoms with Crippen molar-refractivity contribution in [2.75, 3.05) is 37.4 Å². The molecule has 0 aliphatic carbocycles. The molecule has 1 aliphatic heterocycles. The molecule has 8 nitrogen and oxygen atoms in total. The SMILES string of the molecule is CNCCOc1cccc(Nc2ncc(F)c(Nc3ccc4c(c3)OOCC4)n2)c1.[Cl-].[H+]. The van der Waals surface area contributed by atoms with E-state index in [9.17, 15) is 4.39 Å². The molecular weight excluding hydrogens is 425 g/mol. The number of hydrogen-bond acceptors (Lipinski definition) is 8. The Morgan fingerprint density at radius 2 is 2.03 bits per heavy atom. The van der Waals surface area contributed by atoms with Gasteiger partial charge in [-0.2, -0.15) is 9.87 Å². The number of nitrogens with zero attached hydrogens (tertiary/aromatic N) is 2. The second-order valence-corrected chi connectivity index (χ2v) is 6.60. The molecule has 10 heteroatoms. The maximum Gasteiger partial charge on any atom is 1.00 e. The predicted octanol–water partition coefficient (Wildman–Crippen LogP) is 0.684. The summed E-state index contributed by atoms with van der Waals surface area (Å²) >= 11 is 0. The number of fused-ring (bicyclic) bond motifs is 1. The van der Waals surface area contributed by atoms with Crippen LogP contribution in [-0.2, 0) is 11.3 Å². The summed E-state index contributed by atoms with van der Waals surface area (Å²) in [5.74, 6) is 1.05. The van der Waals surface area contributed by atoms with E-state index in [1.165, 1.54) is 0 Å². The standard InChI is InChI=1S/C21H22FN5O3.ClH/c1-23-8-10-28-17-4-2-3-15(11-17)26-21-24-13-18(22)20(27-21)25-16-6-5-14-7-9-29-30-19(14)12-16;/h2-6,11-13,23H,7-10H2,1H3,(H2,24,25,26,27);1H. The molecule has 0 saturated heterocycles. The van der Waals surface area contributed by atoms with E-state index in [4.69, 9.17) is 14.5 Å². The first-order chi connectivity index (χ1) is 14.7. The molecule has 0 fully saturated rings. The Morgan fingerprint density at radius 1 is 1.16 bits per heavy atom. The van der Waals surface area contributed by atoms with E-state index in [-0.39, 0.29) is 25.6 Å². The van der Waals surface area contributed by atoms with Gasteiger partial charge in [-0.15, -0.1) is 0 Å². The number of aromatic nitrogens is 2. The average Bonchev–Trinajstić information content (AvgIpc) is 2.76. The molecule has 0 bridgehead atoms. The highest BCUT2D eigenvalue weighted by Gasteiger charge is 2.14. The number of ether oxygens (including phenoxy) is 1. The molecule has 0 amide bonds. The van der Waals surface area contributed by atoms with Crippen LogP contribution < -0.4 is 38.0 Å². The van der Waals surface area contributed by atoms with Gasteiger partial charge in [0.2, 0.25) is 5.95 Å². The maximum atomic E-state index is 14.3. The fraction of sp³-hybridized carbons (Fsp3) is 0.238. The van der Waals surface area contributed by atoms with Gasteiger partial charge in [0.1, 0.15) is 12.4 Å². The molecule has 4 rings (SSSR count). The van der Waals surface area contributed by atoms with Crippen molar-refractivity contribution in [3.8, 4) is 11.5 Å². The number of nitrogens with one attached hydrogen (secondary N) is 3. The van der Waals surface area contributed by atoms with Crippen molar-refractivity contribution in [1.29, 1.82) is 0 Å². The van der Waals surface area contributed by atoms with Crippen LogP contribution in [-0.4, -0.2) is 36.8 Å². The van der Waals surface area contributed by atoms with Crippen molar-refractivity contribution < 1.29 is 32.7 Å². The zero-order chi connectivity index (χ0) is 20.8. The lowest BCUT2D eigenvalue weighted by atomic mass is 10.1. The third kappa shape index (κ3) is 5.94. The molecule has 3 N–H and O–H groups in total. The Hall–Kier alpha value is -3.14. The van der Waals surface area contributed by atoms with Gasteiger partial charge in [0.15, 0.2) is 17.4 Å². The Bertz CT molecular complexity index is 1030. The van der Waals surface area contributed by atoms with Gasteiger partial charge in [-0.1, -0.05) is 12.1 Å². The molecule has 164 valence electrons. The Morgan fingerprint density at radius 3 is 2.90 bits per heavy atom. The summed E-state index contributed by atoms with van der Waals surface area (Å²) in [6.07, 6.45) is 1.88. The van der Waals surface area contributed by atoms with Crippen LogP contribution in [0.25, 0.3) is 0 Å². The number of anilines is 4. The maximum absolute atomic E-state index is 14.3. The molecule has 2 aromatic carbocycles. The van der Waals surface area contributed by atoms with Crippen LogP contribution in [0.3, 0.4) is 0 Å². The van der Waals surface area contributed by atoms with Crippen molar-refractivity contribution in [3.63, 3.8) is 0 Å². The molecule has 31 heavy (non-hydrogen) atoms. The van der Waals surface area contributed by atoms with Gasteiger partial charge >= 0.3 is 1.43 Å². The number of benzene rings is 2. The Balaban J connectivity index is 0.00000181. The van der Waals surface area contributed by atoms with E-state index in [2.05, 4.69) is 25.9 Å². The van der Waals surface area contributed by atoms with Crippen molar-refractivity contribution in [1.82, 2.24) is 15.3 Å². The normalized spacial score (nSPS) is 12.2. The quantitative estimate of drug-likeness (QED) is 0.343. The Labute approximate surface area is 187 Å². The lowest BCUT2D eigenvalue weighted by Gasteiger charge is -2.17. The van der Waals surface area contributed by atoms with Crippen LogP contribution in [0.5, 0.6) is 11.5 Å². The zero-order valence-electron chi connectivity index (χ0n) is 17.8. The van der Waals surface area contributed by atoms with Crippen LogP contribution in [0.15, 0.2) is 48.7 Å². The topological polar surface area (TPSA) is 89.6 Å². The zero-order valence-corrected chi connectivity index (χ0v) is 17.6. The third-order valence-corrected chi connectivity index (χ3v) is 4.39. The van der Waals surface area contributed by atoms with Gasteiger partial charge in [-0.25, -0.2) is 9.37 Å². The first kappa shape index (κ1) is 22.5. The lowest BCUT2D eigenvalue weighted by molar-refractivity contribution is -0.215. The van der Waals surface area contributed by atoms with Crippen LogP contribution in [0.2, 0.25) is 0 Å². The molecule has 2 heterocycles. The fourth-order valence-electron chi connectivity index (χ4n) is 2.89. The second-order valence-electron chi connectivity index (χ2n) is 6.60. The van der Waals surface area contributed by atoms with Crippen LogP contribution in [0.1, 0.15) is 6.99 Å². The van der Waals surface area contributed by atoms with Gasteiger partial charge in [-0.05, 0) is 25.2 Å². The molecule has 0 saturated carbocycles. The first-order valence-corrected chi connectivity index (χ1v) is 9.58. The summed E-state index contributed by atoms with van der Waals surface area (Å²) in [5, 5.41) is 9.05. The molecule has 3 aromatic rings. The van der Waals surface area contributed by atoms with E-state index in [0.29, 0.717) is 30.4 Å². The molecular formula is C21H23ClFN5O3. The summed E-state index contributed by atoms with van der Waals surface area (Å²) in [5.41, 5.74) is 2.39. The van der Waals surface area contributed by atoms with Crippen LogP contribution in [0.4, 0.5) is 27.5 Å². The van der Waals surface area contributed by atoms with Crippen molar-refractivity contribution in [2.24, 2.45) is 0 Å². The van der Waals surface area contributed by atoms with Gasteiger partial charge < -0.3 is 38.0 Å². The van der Waals surface area contributed by atoms with Crippen molar-refractivity contribution in [3.05, 3.63) is 60.0 Å². The van der Waals surface area contributed by atoms with Crippen molar-refractivity contribution in [2.45, 2.75) is 6.42 Å². The van der Waals surface area contributed by atoms with E-state index in [1.807, 2.05) is 43.4 Å². The number of halogens is 2. The van der Waals surface area contributed by atoms with Gasteiger partial charge in [0.25, 0.3) is 0 Å². The highest BCUT2D eigenvalue weighted by molar-refractivity contribution is 5.62. The second kappa shape index (κ2) is 10.8. The fourth-order valence-corrected chi connectivity index (χ4v) is 2.89. The summed E-state index contributed by atoms with van der Waals surface area (Å²) in [6, 6.07) is 12.9. The molecule has 1 aromatic heterocycles. The Kier molecular flexibility index (Phi) is 7.82. The summed E-state index contributed by atoms with van der Waals surface area (Å²) in [4.78, 5) is 18.5. The van der Waals surface area contributed by atoms with E-state index in [1.54, 1.807) is 6.07 Å². The summed E-state index contributed by atoms with van der Waals surface area (Å²) in [6.45, 7) is 1.81. The minimum absolute atomic E-state index is 0. The average molecular weight is 448 g/mol. The first-order valence-electron chi connectivity index (χ1n) is 9.58. The minimum Gasteiger partial charge on any atom is -1.00 e. The number of rotatable bonds is 8. The smallest absolute Gasteiger partial charge is 1.00 e. The van der Waals surface area contributed by atoms with Crippen LogP contribution in [0, 0.1) is 5.82 Å². The molecule has 0 atom stereocenters. The highest BCUT2D eigenvalue weighted by Crippen LogP contribution is 2.29. The van der Waals surface area contributed by atoms with E-state index < -0.39 is 5.82 Å². The van der Waals surface area contributed by atoms with E-state index >= 15 is 0 Å². The summed E-state index contributed by atoms with van der Waals surface area (Å²) < 4.78 is 19.9. The molecule has 0 radical (unpaired) electrons. The van der Waals surface area contributed by atoms with Gasteiger partial charge in [0, 0.05) is 42.0 Å². The lowest BCUT2D eigenvalue weighted by Crippen LogP contribution is -3.00. The van der Waals surface area contributed by atoms with Crippen molar-refractivity contribution >= 4 is 23.1 Å². The number of hydrogen-bond donors (Lipinski definition) is 3. The van der Waals surface area contributed by atoms with E-state index in [0.717, 1.165) is 30.4 Å². The molecule has 1 aliphatic rings. The van der Waals surface area contributed by atoms with Crippen LogP contribution >= 0.6 is 0 Å². The minimum atomic E-state index is -0.570. The van der Waals surface area contributed by atoms with Gasteiger partial charge in [-0.3, -0.25) is 0 Å². The predicted molar refractivity (Wildman–Crippen MR) is 112 cm³/mol. The highest BCUT2D eigenvalue weighted by atomic mass is 35.5.